The van der Waals surface area contributed by atoms with Crippen molar-refractivity contribution in [3.05, 3.63) is 78.1 Å². The number of carbonyl (C=O) groups is 1. The molecule has 7 nitrogen and oxygen atoms in total. The maximum Gasteiger partial charge on any atom is 0.352 e. The first kappa shape index (κ1) is 15.4. The number of carboxylic acid groups (broad SMARTS) is 1. The minimum atomic E-state index is -1.03. The van der Waals surface area contributed by atoms with Crippen LogP contribution in [0.15, 0.2) is 72.6 Å². The Bertz CT molecular complexity index is 1190. The van der Waals surface area contributed by atoms with Gasteiger partial charge in [-0.1, -0.05) is 48.5 Å². The number of allylic oxidation sites excluding steroid dienone is 1. The highest BCUT2D eigenvalue weighted by atomic mass is 16.4. The number of hydrogen-bond acceptors (Lipinski definition) is 4. The van der Waals surface area contributed by atoms with Gasteiger partial charge < -0.3 is 15.4 Å². The van der Waals surface area contributed by atoms with Crippen LogP contribution in [0.1, 0.15) is 11.6 Å². The zero-order chi connectivity index (χ0) is 18.4. The smallest absolute Gasteiger partial charge is 0.352 e. The van der Waals surface area contributed by atoms with Gasteiger partial charge in [0.1, 0.15) is 11.7 Å². The maximum absolute atomic E-state index is 11.6. The van der Waals surface area contributed by atoms with Crippen molar-refractivity contribution in [3.8, 4) is 11.4 Å². The highest BCUT2D eigenvalue weighted by molar-refractivity contribution is 5.91. The number of nitrogens with zero attached hydrogens (tertiary/aromatic N) is 3. The van der Waals surface area contributed by atoms with E-state index in [4.69, 9.17) is 0 Å². The van der Waals surface area contributed by atoms with Crippen LogP contribution in [-0.2, 0) is 4.79 Å². The molecule has 0 amide bonds. The number of fused-ring (bicyclic) bond motifs is 2. The van der Waals surface area contributed by atoms with Crippen LogP contribution in [0.4, 0.5) is 5.95 Å². The first-order valence-electron chi connectivity index (χ1n) is 8.51. The number of aromatic amines is 1. The Labute approximate surface area is 154 Å². The number of carboxylic acids is 1. The quantitative estimate of drug-likeness (QED) is 0.522. The zero-order valence-electron chi connectivity index (χ0n) is 14.1. The Morgan fingerprint density at radius 2 is 1.85 bits per heavy atom. The van der Waals surface area contributed by atoms with Gasteiger partial charge in [-0.2, -0.15) is 4.98 Å². The van der Waals surface area contributed by atoms with Crippen molar-refractivity contribution in [2.24, 2.45) is 0 Å². The van der Waals surface area contributed by atoms with Crippen LogP contribution in [0.25, 0.3) is 22.3 Å². The standard InChI is InChI=1S/C20H15N5O2/c26-19(27)16-10-17(14-11-21-15-9-5-4-8-13(14)15)25-20(22-16)23-18(24-25)12-6-2-1-3-7-12/h1-11,17,21H,(H,26,27)(H,22,23,24). The molecule has 0 radical (unpaired) electrons. The van der Waals surface area contributed by atoms with Gasteiger partial charge in [0, 0.05) is 28.2 Å². The Morgan fingerprint density at radius 1 is 1.07 bits per heavy atom. The second-order valence-corrected chi connectivity index (χ2v) is 6.31. The highest BCUT2D eigenvalue weighted by Crippen LogP contribution is 2.34. The molecule has 27 heavy (non-hydrogen) atoms. The monoisotopic (exact) mass is 357 g/mol. The summed E-state index contributed by atoms with van der Waals surface area (Å²) < 4.78 is 1.73. The Kier molecular flexibility index (Phi) is 3.33. The highest BCUT2D eigenvalue weighted by Gasteiger charge is 2.28. The molecular weight excluding hydrogens is 342 g/mol. The lowest BCUT2D eigenvalue weighted by Gasteiger charge is -2.21. The molecule has 0 bridgehead atoms. The molecule has 1 aliphatic heterocycles. The van der Waals surface area contributed by atoms with Gasteiger partial charge in [0.05, 0.1) is 0 Å². The van der Waals surface area contributed by atoms with Crippen LogP contribution in [0.2, 0.25) is 0 Å². The van der Waals surface area contributed by atoms with Crippen molar-refractivity contribution in [1.29, 1.82) is 0 Å². The average molecular weight is 357 g/mol. The van der Waals surface area contributed by atoms with Gasteiger partial charge in [0.15, 0.2) is 5.82 Å². The lowest BCUT2D eigenvalue weighted by molar-refractivity contribution is -0.132. The van der Waals surface area contributed by atoms with E-state index in [1.165, 1.54) is 0 Å². The number of aliphatic carboxylic acids is 1. The summed E-state index contributed by atoms with van der Waals surface area (Å²) in [6, 6.07) is 17.1. The van der Waals surface area contributed by atoms with E-state index in [0.717, 1.165) is 22.0 Å². The molecular formula is C20H15N5O2. The molecule has 1 unspecified atom stereocenters. The van der Waals surface area contributed by atoms with E-state index in [-0.39, 0.29) is 11.7 Å². The molecule has 4 aromatic rings. The predicted octanol–water partition coefficient (Wildman–Crippen LogP) is 3.41. The average Bonchev–Trinajstić information content (AvgIpc) is 3.32. The fourth-order valence-corrected chi connectivity index (χ4v) is 3.39. The van der Waals surface area contributed by atoms with Gasteiger partial charge in [-0.3, -0.25) is 0 Å². The Morgan fingerprint density at radius 3 is 2.67 bits per heavy atom. The van der Waals surface area contributed by atoms with Crippen molar-refractivity contribution in [1.82, 2.24) is 19.7 Å². The third-order valence-electron chi connectivity index (χ3n) is 4.67. The van der Waals surface area contributed by atoms with E-state index >= 15 is 0 Å². The van der Waals surface area contributed by atoms with Gasteiger partial charge in [0.2, 0.25) is 5.95 Å². The number of benzene rings is 2. The largest absolute Gasteiger partial charge is 0.477 e. The molecule has 0 aliphatic carbocycles. The van der Waals surface area contributed by atoms with Crippen molar-refractivity contribution in [2.75, 3.05) is 5.32 Å². The molecule has 3 heterocycles. The van der Waals surface area contributed by atoms with Crippen LogP contribution >= 0.6 is 0 Å². The maximum atomic E-state index is 11.6. The van der Waals surface area contributed by atoms with E-state index in [1.54, 1.807) is 10.8 Å². The zero-order valence-corrected chi connectivity index (χ0v) is 14.1. The molecule has 132 valence electrons. The number of anilines is 1. The SMILES string of the molecule is O=C(O)C1=CC(c2c[nH]c3ccccc23)n2nc(-c3ccccc3)nc2N1. The Hall–Kier alpha value is -3.87. The van der Waals surface area contributed by atoms with Crippen molar-refractivity contribution >= 4 is 22.8 Å². The van der Waals surface area contributed by atoms with E-state index in [0.29, 0.717) is 11.8 Å². The third-order valence-corrected chi connectivity index (χ3v) is 4.67. The summed E-state index contributed by atoms with van der Waals surface area (Å²) in [6.07, 6.45) is 3.55. The summed E-state index contributed by atoms with van der Waals surface area (Å²) in [7, 11) is 0. The molecule has 0 saturated carbocycles. The van der Waals surface area contributed by atoms with E-state index in [9.17, 15) is 9.90 Å². The third kappa shape index (κ3) is 2.48. The predicted molar refractivity (Wildman–Crippen MR) is 101 cm³/mol. The molecule has 0 fully saturated rings. The van der Waals surface area contributed by atoms with Crippen LogP contribution in [-0.4, -0.2) is 30.8 Å². The number of para-hydroxylation sites is 1. The lowest BCUT2D eigenvalue weighted by Crippen LogP contribution is -2.24. The minimum absolute atomic E-state index is 0.0878. The molecule has 3 N–H and O–H groups in total. The minimum Gasteiger partial charge on any atom is -0.477 e. The molecule has 1 aliphatic rings. The molecule has 0 spiro atoms. The Balaban J connectivity index is 1.69. The molecule has 7 heteroatoms. The van der Waals surface area contributed by atoms with Gasteiger partial charge in [-0.15, -0.1) is 5.10 Å². The van der Waals surface area contributed by atoms with Gasteiger partial charge in [-0.25, -0.2) is 9.48 Å². The van der Waals surface area contributed by atoms with Gasteiger partial charge in [0.25, 0.3) is 0 Å². The number of hydrogen-bond donors (Lipinski definition) is 3. The molecule has 5 rings (SSSR count). The summed E-state index contributed by atoms with van der Waals surface area (Å²) in [5, 5.41) is 18.1. The fourth-order valence-electron chi connectivity index (χ4n) is 3.39. The van der Waals surface area contributed by atoms with Gasteiger partial charge in [-0.05, 0) is 12.1 Å². The number of rotatable bonds is 3. The number of nitrogens with one attached hydrogen (secondary N) is 2. The first-order valence-corrected chi connectivity index (χ1v) is 8.51. The fraction of sp³-hybridized carbons (Fsp3) is 0.0500. The van der Waals surface area contributed by atoms with E-state index in [1.807, 2.05) is 60.8 Å². The first-order chi connectivity index (χ1) is 13.2. The van der Waals surface area contributed by atoms with Crippen LogP contribution < -0.4 is 5.32 Å². The number of aromatic nitrogens is 4. The summed E-state index contributed by atoms with van der Waals surface area (Å²) >= 11 is 0. The van der Waals surface area contributed by atoms with Crippen molar-refractivity contribution in [3.63, 3.8) is 0 Å². The molecule has 2 aromatic heterocycles. The summed E-state index contributed by atoms with van der Waals surface area (Å²) in [5.74, 6) is -0.0811. The van der Waals surface area contributed by atoms with Crippen LogP contribution in [0, 0.1) is 0 Å². The van der Waals surface area contributed by atoms with E-state index < -0.39 is 5.97 Å². The van der Waals surface area contributed by atoms with Crippen LogP contribution in [0.3, 0.4) is 0 Å². The summed E-state index contributed by atoms with van der Waals surface area (Å²) in [6.45, 7) is 0. The van der Waals surface area contributed by atoms with Gasteiger partial charge >= 0.3 is 5.97 Å². The van der Waals surface area contributed by atoms with Crippen molar-refractivity contribution < 1.29 is 9.90 Å². The normalized spacial score (nSPS) is 15.9. The molecule has 0 saturated heterocycles. The topological polar surface area (TPSA) is 95.8 Å². The van der Waals surface area contributed by atoms with Crippen molar-refractivity contribution in [2.45, 2.75) is 6.04 Å². The lowest BCUT2D eigenvalue weighted by atomic mass is 10.0. The summed E-state index contributed by atoms with van der Waals surface area (Å²) in [4.78, 5) is 19.4. The summed E-state index contributed by atoms with van der Waals surface area (Å²) in [5.41, 5.74) is 2.89. The number of H-pyrrole nitrogens is 1. The molecule has 2 aromatic carbocycles. The molecule has 1 atom stereocenters. The van der Waals surface area contributed by atoms with Crippen LogP contribution in [0.5, 0.6) is 0 Å². The second-order valence-electron chi connectivity index (χ2n) is 6.31. The van der Waals surface area contributed by atoms with E-state index in [2.05, 4.69) is 20.4 Å². The second kappa shape index (κ2) is 5.84.